The van der Waals surface area contributed by atoms with Crippen LogP contribution in [0.25, 0.3) is 11.1 Å². The number of benzene rings is 2. The van der Waals surface area contributed by atoms with Crippen molar-refractivity contribution in [1.82, 2.24) is 0 Å². The number of carbonyl (C=O) groups is 2. The summed E-state index contributed by atoms with van der Waals surface area (Å²) < 4.78 is 0. The van der Waals surface area contributed by atoms with Crippen LogP contribution in [0, 0.1) is 18.8 Å². The van der Waals surface area contributed by atoms with Crippen molar-refractivity contribution in [1.29, 1.82) is 0 Å². The predicted octanol–water partition coefficient (Wildman–Crippen LogP) is 5.62. The maximum absolute atomic E-state index is 12.8. The third kappa shape index (κ3) is 2.82. The summed E-state index contributed by atoms with van der Waals surface area (Å²) in [6, 6.07) is 11.4. The minimum atomic E-state index is -0.603. The van der Waals surface area contributed by atoms with E-state index in [-0.39, 0.29) is 23.4 Å². The second-order valence-corrected chi connectivity index (χ2v) is 7.96. The summed E-state index contributed by atoms with van der Waals surface area (Å²) >= 11 is 12.1. The lowest BCUT2D eigenvalue weighted by molar-refractivity contribution is -0.135. The van der Waals surface area contributed by atoms with Crippen LogP contribution in [-0.2, 0) is 9.59 Å². The molecule has 0 amide bonds. The largest absolute Gasteiger partial charge is 0.298 e. The van der Waals surface area contributed by atoms with Crippen molar-refractivity contribution in [2.45, 2.75) is 32.1 Å². The van der Waals surface area contributed by atoms with Gasteiger partial charge in [0, 0.05) is 11.8 Å². The first-order chi connectivity index (χ1) is 12.0. The van der Waals surface area contributed by atoms with Crippen LogP contribution in [0.1, 0.15) is 36.3 Å². The van der Waals surface area contributed by atoms with E-state index in [0.717, 1.165) is 41.5 Å². The Labute approximate surface area is 157 Å². The molecule has 2 bridgehead atoms. The van der Waals surface area contributed by atoms with Gasteiger partial charge in [0.15, 0.2) is 11.6 Å². The summed E-state index contributed by atoms with van der Waals surface area (Å²) in [5, 5.41) is 0.996. The fourth-order valence-corrected chi connectivity index (χ4v) is 4.52. The quantitative estimate of drug-likeness (QED) is 0.640. The summed E-state index contributed by atoms with van der Waals surface area (Å²) in [5.74, 6) is -0.281. The number of hydrogen-bond acceptors (Lipinski definition) is 2. The molecule has 2 aliphatic carbocycles. The third-order valence-electron chi connectivity index (χ3n) is 5.65. The van der Waals surface area contributed by atoms with Gasteiger partial charge in [0.2, 0.25) is 0 Å². The number of carbonyl (C=O) groups excluding carboxylic acids is 2. The highest BCUT2D eigenvalue weighted by atomic mass is 35.5. The van der Waals surface area contributed by atoms with Crippen LogP contribution >= 0.6 is 23.2 Å². The van der Waals surface area contributed by atoms with E-state index in [1.54, 1.807) is 6.07 Å². The third-order valence-corrected chi connectivity index (χ3v) is 6.39. The van der Waals surface area contributed by atoms with Crippen LogP contribution in [0.2, 0.25) is 10.0 Å². The van der Waals surface area contributed by atoms with Gasteiger partial charge in [-0.1, -0.05) is 41.4 Å². The molecule has 0 aliphatic heterocycles. The van der Waals surface area contributed by atoms with Gasteiger partial charge < -0.3 is 0 Å². The van der Waals surface area contributed by atoms with Gasteiger partial charge in [-0.05, 0) is 66.6 Å². The van der Waals surface area contributed by atoms with Crippen molar-refractivity contribution < 1.29 is 9.59 Å². The molecule has 2 aliphatic rings. The van der Waals surface area contributed by atoms with E-state index in [1.807, 2.05) is 37.3 Å². The number of fused-ring (bicyclic) bond motifs is 2. The number of rotatable bonds is 2. The molecule has 0 heterocycles. The van der Waals surface area contributed by atoms with Gasteiger partial charge in [-0.25, -0.2) is 0 Å². The Morgan fingerprint density at radius 3 is 2.08 bits per heavy atom. The Bertz CT molecular complexity index is 865. The Balaban J connectivity index is 1.79. The molecular weight excluding hydrogens is 355 g/mol. The summed E-state index contributed by atoms with van der Waals surface area (Å²) in [4.78, 5) is 25.7. The standard InChI is InChI=1S/C21H18Cl2O2/c1-11-2-3-12(13-6-7-17(22)18(23)10-13)9-16(11)19-20(24)14-4-5-15(8-14)21(19)25/h2-3,6-7,9-10,14-15,19H,4-5,8H2,1H3/t14-,15+,19?. The lowest BCUT2D eigenvalue weighted by Crippen LogP contribution is -2.35. The lowest BCUT2D eigenvalue weighted by Gasteiger charge is -2.27. The zero-order valence-electron chi connectivity index (χ0n) is 13.9. The number of Topliss-reactive ketones (excluding diaryl/α,β-unsaturated/α-hetero) is 2. The first-order valence-corrected chi connectivity index (χ1v) is 9.34. The maximum atomic E-state index is 12.8. The van der Waals surface area contributed by atoms with Crippen LogP contribution in [0.3, 0.4) is 0 Å². The highest BCUT2D eigenvalue weighted by Gasteiger charge is 2.47. The van der Waals surface area contributed by atoms with Crippen molar-refractivity contribution in [3.63, 3.8) is 0 Å². The fraction of sp³-hybridized carbons (Fsp3) is 0.333. The Morgan fingerprint density at radius 1 is 0.840 bits per heavy atom. The molecule has 3 atom stereocenters. The molecule has 4 rings (SSSR count). The van der Waals surface area contributed by atoms with Crippen molar-refractivity contribution in [3.8, 4) is 11.1 Å². The number of aryl methyl sites for hydroxylation is 1. The summed E-state index contributed by atoms with van der Waals surface area (Å²) in [5.41, 5.74) is 3.69. The van der Waals surface area contributed by atoms with E-state index < -0.39 is 5.92 Å². The molecular formula is C21H18Cl2O2. The van der Waals surface area contributed by atoms with Crippen molar-refractivity contribution in [2.24, 2.45) is 11.8 Å². The topological polar surface area (TPSA) is 34.1 Å². The average Bonchev–Trinajstić information content (AvgIpc) is 3.05. The molecule has 1 unspecified atom stereocenters. The van der Waals surface area contributed by atoms with E-state index >= 15 is 0 Å². The van der Waals surface area contributed by atoms with E-state index in [1.165, 1.54) is 0 Å². The highest BCUT2D eigenvalue weighted by Crippen LogP contribution is 2.45. The summed E-state index contributed by atoms with van der Waals surface area (Å²) in [6.45, 7) is 1.96. The zero-order valence-corrected chi connectivity index (χ0v) is 15.4. The summed E-state index contributed by atoms with van der Waals surface area (Å²) in [6.07, 6.45) is 2.47. The van der Waals surface area contributed by atoms with Gasteiger partial charge in [0.1, 0.15) is 5.92 Å². The zero-order chi connectivity index (χ0) is 17.7. The van der Waals surface area contributed by atoms with Crippen molar-refractivity contribution in [3.05, 3.63) is 57.6 Å². The minimum Gasteiger partial charge on any atom is -0.298 e. The molecule has 2 fully saturated rings. The molecule has 0 aromatic heterocycles. The normalized spacial score (nSPS) is 25.5. The predicted molar refractivity (Wildman–Crippen MR) is 100 cm³/mol. The van der Waals surface area contributed by atoms with Crippen LogP contribution in [0.15, 0.2) is 36.4 Å². The SMILES string of the molecule is Cc1ccc(-c2ccc(Cl)c(Cl)c2)cc1C1C(=O)[C@@H]2CC[C@@H](C2)C1=O. The van der Waals surface area contributed by atoms with Gasteiger partial charge in [0.05, 0.1) is 10.0 Å². The van der Waals surface area contributed by atoms with Gasteiger partial charge in [-0.3, -0.25) is 9.59 Å². The van der Waals surface area contributed by atoms with Crippen LogP contribution in [0.4, 0.5) is 0 Å². The molecule has 128 valence electrons. The minimum absolute atomic E-state index is 0.0562. The van der Waals surface area contributed by atoms with Gasteiger partial charge in [-0.2, -0.15) is 0 Å². The van der Waals surface area contributed by atoms with Crippen LogP contribution < -0.4 is 0 Å². The Hall–Kier alpha value is -1.64. The first kappa shape index (κ1) is 16.8. The van der Waals surface area contributed by atoms with E-state index in [2.05, 4.69) is 0 Å². The molecule has 2 aromatic rings. The van der Waals surface area contributed by atoms with E-state index in [9.17, 15) is 9.59 Å². The number of ketones is 2. The molecule has 0 saturated heterocycles. The Kier molecular flexibility index (Phi) is 4.21. The second kappa shape index (κ2) is 6.26. The average molecular weight is 373 g/mol. The molecule has 4 heteroatoms. The molecule has 25 heavy (non-hydrogen) atoms. The smallest absolute Gasteiger partial charge is 0.150 e. The molecule has 2 saturated carbocycles. The number of halogens is 2. The monoisotopic (exact) mass is 372 g/mol. The molecule has 2 aromatic carbocycles. The maximum Gasteiger partial charge on any atom is 0.150 e. The van der Waals surface area contributed by atoms with Gasteiger partial charge >= 0.3 is 0 Å². The van der Waals surface area contributed by atoms with Crippen LogP contribution in [0.5, 0.6) is 0 Å². The number of hydrogen-bond donors (Lipinski definition) is 0. The summed E-state index contributed by atoms with van der Waals surface area (Å²) in [7, 11) is 0. The van der Waals surface area contributed by atoms with Gasteiger partial charge in [-0.15, -0.1) is 0 Å². The highest BCUT2D eigenvalue weighted by molar-refractivity contribution is 6.42. The fourth-order valence-electron chi connectivity index (χ4n) is 4.22. The Morgan fingerprint density at radius 2 is 1.44 bits per heavy atom. The molecule has 0 radical (unpaired) electrons. The van der Waals surface area contributed by atoms with Crippen molar-refractivity contribution in [2.75, 3.05) is 0 Å². The second-order valence-electron chi connectivity index (χ2n) is 7.14. The lowest BCUT2D eigenvalue weighted by atomic mass is 9.74. The van der Waals surface area contributed by atoms with E-state index in [0.29, 0.717) is 10.0 Å². The van der Waals surface area contributed by atoms with Gasteiger partial charge in [0.25, 0.3) is 0 Å². The van der Waals surface area contributed by atoms with Crippen molar-refractivity contribution >= 4 is 34.8 Å². The molecule has 2 nitrogen and oxygen atoms in total. The molecule has 0 spiro atoms. The first-order valence-electron chi connectivity index (χ1n) is 8.59. The molecule has 0 N–H and O–H groups in total. The van der Waals surface area contributed by atoms with E-state index in [4.69, 9.17) is 23.2 Å². The van der Waals surface area contributed by atoms with Crippen LogP contribution in [-0.4, -0.2) is 11.6 Å².